The molecule has 2 aromatic carbocycles. The summed E-state index contributed by atoms with van der Waals surface area (Å²) in [5.41, 5.74) is 3.58. The Morgan fingerprint density at radius 2 is 1.69 bits per heavy atom. The minimum Gasteiger partial charge on any atom is -0.448 e. The van der Waals surface area contributed by atoms with Crippen LogP contribution in [0.25, 0.3) is 11.1 Å². The number of nitrogens with one attached hydrogen (secondary N) is 1. The van der Waals surface area contributed by atoms with Gasteiger partial charge in [0.1, 0.15) is 4.88 Å². The molecule has 26 heavy (non-hydrogen) atoms. The summed E-state index contributed by atoms with van der Waals surface area (Å²) < 4.78 is 5.37. The fourth-order valence-corrected chi connectivity index (χ4v) is 3.26. The van der Waals surface area contributed by atoms with Crippen molar-refractivity contribution < 1.29 is 14.3 Å². The van der Waals surface area contributed by atoms with E-state index < -0.39 is 12.1 Å². The lowest BCUT2D eigenvalue weighted by Gasteiger charge is -2.13. The van der Waals surface area contributed by atoms with E-state index in [1.165, 1.54) is 11.3 Å². The van der Waals surface area contributed by atoms with E-state index in [9.17, 15) is 9.59 Å². The molecule has 0 bridgehead atoms. The molecule has 0 radical (unpaired) electrons. The number of amides is 1. The molecule has 0 aliphatic heterocycles. The number of thiophene rings is 1. The van der Waals surface area contributed by atoms with Gasteiger partial charge in [0, 0.05) is 11.3 Å². The van der Waals surface area contributed by atoms with Crippen LogP contribution in [-0.2, 0) is 9.53 Å². The molecule has 0 unspecified atom stereocenters. The van der Waals surface area contributed by atoms with Crippen LogP contribution in [-0.4, -0.2) is 18.0 Å². The minimum absolute atomic E-state index is 0.363. The molecule has 1 amide bonds. The normalized spacial score (nSPS) is 11.6. The number of carbonyl (C=O) groups excluding carboxylic acids is 2. The first-order valence-corrected chi connectivity index (χ1v) is 9.14. The van der Waals surface area contributed by atoms with Crippen molar-refractivity contribution in [2.75, 3.05) is 5.32 Å². The van der Waals surface area contributed by atoms with Gasteiger partial charge in [0.25, 0.3) is 5.91 Å². The van der Waals surface area contributed by atoms with Crippen molar-refractivity contribution in [2.45, 2.75) is 20.0 Å². The highest BCUT2D eigenvalue weighted by Crippen LogP contribution is 2.29. The number of benzene rings is 2. The summed E-state index contributed by atoms with van der Waals surface area (Å²) in [6.45, 7) is 3.58. The van der Waals surface area contributed by atoms with Crippen molar-refractivity contribution in [3.8, 4) is 11.1 Å². The van der Waals surface area contributed by atoms with Gasteiger partial charge in [-0.3, -0.25) is 4.79 Å². The Labute approximate surface area is 156 Å². The van der Waals surface area contributed by atoms with Gasteiger partial charge in [0.2, 0.25) is 0 Å². The molecule has 1 N–H and O–H groups in total. The third-order valence-electron chi connectivity index (χ3n) is 3.91. The summed E-state index contributed by atoms with van der Waals surface area (Å²) in [6.07, 6.45) is -0.893. The van der Waals surface area contributed by atoms with Gasteiger partial charge in [0.05, 0.1) is 0 Å². The van der Waals surface area contributed by atoms with Crippen molar-refractivity contribution >= 4 is 28.9 Å². The van der Waals surface area contributed by atoms with Gasteiger partial charge in [0.15, 0.2) is 6.10 Å². The predicted octanol–water partition coefficient (Wildman–Crippen LogP) is 4.91. The zero-order valence-corrected chi connectivity index (χ0v) is 15.4. The SMILES string of the molecule is Cc1ccc(-c2ccsc2C(=O)O[C@H](C)C(=O)Nc2ccccc2)cc1. The van der Waals surface area contributed by atoms with E-state index in [2.05, 4.69) is 5.32 Å². The predicted molar refractivity (Wildman–Crippen MR) is 104 cm³/mol. The quantitative estimate of drug-likeness (QED) is 0.654. The summed E-state index contributed by atoms with van der Waals surface area (Å²) >= 11 is 1.31. The molecule has 1 heterocycles. The van der Waals surface area contributed by atoms with E-state index in [0.29, 0.717) is 10.6 Å². The maximum absolute atomic E-state index is 12.5. The Kier molecular flexibility index (Phi) is 5.49. The van der Waals surface area contributed by atoms with Crippen LogP contribution in [0.2, 0.25) is 0 Å². The number of carbonyl (C=O) groups is 2. The largest absolute Gasteiger partial charge is 0.448 e. The number of aryl methyl sites for hydroxylation is 1. The molecule has 5 heteroatoms. The summed E-state index contributed by atoms with van der Waals surface area (Å²) in [5.74, 6) is -0.857. The average Bonchev–Trinajstić information content (AvgIpc) is 3.13. The van der Waals surface area contributed by atoms with Crippen LogP contribution >= 0.6 is 11.3 Å². The third-order valence-corrected chi connectivity index (χ3v) is 4.80. The van der Waals surface area contributed by atoms with Gasteiger partial charge >= 0.3 is 5.97 Å². The van der Waals surface area contributed by atoms with Gasteiger partial charge in [-0.15, -0.1) is 11.3 Å². The smallest absolute Gasteiger partial charge is 0.349 e. The highest BCUT2D eigenvalue weighted by molar-refractivity contribution is 7.12. The number of esters is 1. The summed E-state index contributed by atoms with van der Waals surface area (Å²) in [7, 11) is 0. The molecule has 3 rings (SSSR count). The number of ether oxygens (including phenoxy) is 1. The molecule has 132 valence electrons. The first kappa shape index (κ1) is 17.9. The van der Waals surface area contributed by atoms with E-state index in [1.54, 1.807) is 19.1 Å². The monoisotopic (exact) mass is 365 g/mol. The lowest BCUT2D eigenvalue weighted by molar-refractivity contribution is -0.123. The highest BCUT2D eigenvalue weighted by atomic mass is 32.1. The standard InChI is InChI=1S/C21H19NO3S/c1-14-8-10-16(11-9-14)18-12-13-26-19(18)21(24)25-15(2)20(23)22-17-6-4-3-5-7-17/h3-13,15H,1-2H3,(H,22,23)/t15-/m1/s1. The molecule has 1 atom stereocenters. The Balaban J connectivity index is 1.69. The highest BCUT2D eigenvalue weighted by Gasteiger charge is 2.22. The van der Waals surface area contributed by atoms with Crippen molar-refractivity contribution in [1.82, 2.24) is 0 Å². The Hall–Kier alpha value is -2.92. The molecule has 0 saturated carbocycles. The topological polar surface area (TPSA) is 55.4 Å². The number of hydrogen-bond donors (Lipinski definition) is 1. The summed E-state index contributed by atoms with van der Waals surface area (Å²) in [5, 5.41) is 4.58. The first-order chi connectivity index (χ1) is 12.5. The van der Waals surface area contributed by atoms with Crippen molar-refractivity contribution in [2.24, 2.45) is 0 Å². The van der Waals surface area contributed by atoms with E-state index in [0.717, 1.165) is 16.7 Å². The average molecular weight is 365 g/mol. The molecule has 0 aliphatic rings. The van der Waals surface area contributed by atoms with E-state index in [4.69, 9.17) is 4.74 Å². The molecule has 0 saturated heterocycles. The van der Waals surface area contributed by atoms with Gasteiger partial charge in [-0.1, -0.05) is 48.0 Å². The number of rotatable bonds is 5. The maximum atomic E-state index is 12.5. The van der Waals surface area contributed by atoms with Gasteiger partial charge in [-0.25, -0.2) is 4.79 Å². The fourth-order valence-electron chi connectivity index (χ4n) is 2.46. The third kappa shape index (κ3) is 4.18. The molecule has 0 fully saturated rings. The van der Waals surface area contributed by atoms with Crippen LogP contribution in [0, 0.1) is 6.92 Å². The Morgan fingerprint density at radius 3 is 2.38 bits per heavy atom. The lowest BCUT2D eigenvalue weighted by Crippen LogP contribution is -2.29. The van der Waals surface area contributed by atoms with Crippen LogP contribution in [0.15, 0.2) is 66.0 Å². The van der Waals surface area contributed by atoms with Crippen LogP contribution in [0.3, 0.4) is 0 Å². The maximum Gasteiger partial charge on any atom is 0.349 e. The molecule has 0 spiro atoms. The minimum atomic E-state index is -0.893. The molecule has 4 nitrogen and oxygen atoms in total. The molecule has 3 aromatic rings. The second kappa shape index (κ2) is 7.97. The van der Waals surface area contributed by atoms with Gasteiger partial charge in [-0.05, 0) is 43.0 Å². The zero-order valence-electron chi connectivity index (χ0n) is 14.6. The second-order valence-corrected chi connectivity index (χ2v) is 6.85. The van der Waals surface area contributed by atoms with E-state index in [1.807, 2.05) is 60.8 Å². The van der Waals surface area contributed by atoms with E-state index in [-0.39, 0.29) is 5.91 Å². The van der Waals surface area contributed by atoms with Crippen LogP contribution in [0.5, 0.6) is 0 Å². The fraction of sp³-hybridized carbons (Fsp3) is 0.143. The van der Waals surface area contributed by atoms with Gasteiger partial charge in [-0.2, -0.15) is 0 Å². The van der Waals surface area contributed by atoms with Crippen molar-refractivity contribution in [3.05, 3.63) is 76.5 Å². The van der Waals surface area contributed by atoms with Crippen LogP contribution < -0.4 is 5.32 Å². The van der Waals surface area contributed by atoms with Crippen molar-refractivity contribution in [1.29, 1.82) is 0 Å². The summed E-state index contributed by atoms with van der Waals surface area (Å²) in [6, 6.07) is 18.9. The van der Waals surface area contributed by atoms with Gasteiger partial charge < -0.3 is 10.1 Å². The molecule has 1 aromatic heterocycles. The number of hydrogen-bond acceptors (Lipinski definition) is 4. The van der Waals surface area contributed by atoms with Crippen LogP contribution in [0.4, 0.5) is 5.69 Å². The van der Waals surface area contributed by atoms with Crippen LogP contribution in [0.1, 0.15) is 22.2 Å². The first-order valence-electron chi connectivity index (χ1n) is 8.26. The number of para-hydroxylation sites is 1. The Bertz CT molecular complexity index is 901. The van der Waals surface area contributed by atoms with Crippen molar-refractivity contribution in [3.63, 3.8) is 0 Å². The Morgan fingerprint density at radius 1 is 1.00 bits per heavy atom. The lowest BCUT2D eigenvalue weighted by atomic mass is 10.1. The molecule has 0 aliphatic carbocycles. The molecular formula is C21H19NO3S. The molecular weight excluding hydrogens is 346 g/mol. The second-order valence-electron chi connectivity index (χ2n) is 5.93. The number of anilines is 1. The van der Waals surface area contributed by atoms with E-state index >= 15 is 0 Å². The zero-order chi connectivity index (χ0) is 18.5. The summed E-state index contributed by atoms with van der Waals surface area (Å²) in [4.78, 5) is 25.3.